The lowest BCUT2D eigenvalue weighted by Crippen LogP contribution is -2.56. The van der Waals surface area contributed by atoms with E-state index in [2.05, 4.69) is 33.3 Å². The van der Waals surface area contributed by atoms with Gasteiger partial charge in [0.15, 0.2) is 0 Å². The van der Waals surface area contributed by atoms with E-state index in [1.54, 1.807) is 12.3 Å². The van der Waals surface area contributed by atoms with Crippen molar-refractivity contribution < 1.29 is 23.4 Å². The normalized spacial score (nSPS) is 23.6. The van der Waals surface area contributed by atoms with Gasteiger partial charge in [0.2, 0.25) is 5.91 Å². The van der Waals surface area contributed by atoms with Crippen molar-refractivity contribution >= 4 is 34.1 Å². The molecule has 5 rings (SSSR count). The lowest BCUT2D eigenvalue weighted by molar-refractivity contribution is -0.115. The maximum absolute atomic E-state index is 12.7. The Morgan fingerprint density at radius 3 is 2.72 bits per heavy atom. The number of carbonyl (C=O) groups is 1. The third-order valence-corrected chi connectivity index (χ3v) is 7.70. The fourth-order valence-corrected chi connectivity index (χ4v) is 5.50. The van der Waals surface area contributed by atoms with Gasteiger partial charge in [0, 0.05) is 22.8 Å². The van der Waals surface area contributed by atoms with Gasteiger partial charge >= 0.3 is 6.55 Å². The molecule has 2 fully saturated rings. The third-order valence-electron chi connectivity index (χ3n) is 7.37. The number of anilines is 1. The highest BCUT2D eigenvalue weighted by Gasteiger charge is 2.45. The van der Waals surface area contributed by atoms with Gasteiger partial charge in [-0.15, -0.1) is 0 Å². The Morgan fingerprint density at radius 1 is 1.28 bits per heavy atom. The van der Waals surface area contributed by atoms with Gasteiger partial charge in [0.25, 0.3) is 0 Å². The van der Waals surface area contributed by atoms with E-state index in [-0.39, 0.29) is 23.8 Å². The molecule has 2 aliphatic rings. The number of pyridine rings is 1. The summed E-state index contributed by atoms with van der Waals surface area (Å²) in [6.07, 6.45) is 5.30. The van der Waals surface area contributed by atoms with Crippen molar-refractivity contribution in [3.63, 3.8) is 0 Å². The first-order valence-electron chi connectivity index (χ1n) is 11.9. The van der Waals surface area contributed by atoms with E-state index in [1.165, 1.54) is 6.20 Å². The molecule has 0 bridgehead atoms. The fraction of sp³-hybridized carbons (Fsp3) is 0.480. The number of piperidine rings is 1. The minimum absolute atomic E-state index is 0.0878. The molecule has 0 aliphatic carbocycles. The summed E-state index contributed by atoms with van der Waals surface area (Å²) in [4.78, 5) is 19.0. The number of amides is 1. The van der Waals surface area contributed by atoms with Crippen LogP contribution in [0.3, 0.4) is 0 Å². The zero-order chi connectivity index (χ0) is 25.4. The average molecular weight is 520 g/mol. The van der Waals surface area contributed by atoms with Crippen LogP contribution >= 0.6 is 11.6 Å². The zero-order valence-electron chi connectivity index (χ0n) is 19.8. The molecule has 36 heavy (non-hydrogen) atoms. The maximum Gasteiger partial charge on any atom is 0.333 e. The van der Waals surface area contributed by atoms with Gasteiger partial charge < -0.3 is 15.2 Å². The second kappa shape index (κ2) is 10.0. The molecule has 2 atom stereocenters. The number of aliphatic hydroxyl groups excluding tert-OH is 1. The fourth-order valence-electron chi connectivity index (χ4n) is 5.17. The van der Waals surface area contributed by atoms with Gasteiger partial charge in [-0.25, -0.2) is 9.67 Å². The van der Waals surface area contributed by atoms with Crippen molar-refractivity contribution in [3.05, 3.63) is 52.9 Å². The summed E-state index contributed by atoms with van der Waals surface area (Å²) in [5, 5.41) is 19.1. The molecule has 4 heterocycles. The number of carbonyl (C=O) groups excluding carboxylic acids is 1. The summed E-state index contributed by atoms with van der Waals surface area (Å²) in [5.41, 5.74) is 1.09. The highest BCUT2D eigenvalue weighted by molar-refractivity contribution is 6.32. The molecule has 1 amide bonds. The number of ether oxygens (including phenoxy) is 1. The van der Waals surface area contributed by atoms with E-state index >= 15 is 0 Å². The number of fused-ring (bicyclic) bond motifs is 1. The summed E-state index contributed by atoms with van der Waals surface area (Å²) in [7, 11) is 0. The molecule has 2 N–H and O–H groups in total. The van der Waals surface area contributed by atoms with Gasteiger partial charge in [0.1, 0.15) is 5.82 Å². The third kappa shape index (κ3) is 4.95. The summed E-state index contributed by atoms with van der Waals surface area (Å²) in [5.74, 6) is 0.280. The van der Waals surface area contributed by atoms with E-state index in [4.69, 9.17) is 16.3 Å². The summed E-state index contributed by atoms with van der Waals surface area (Å²) in [6, 6.07) is 5.74. The lowest BCUT2D eigenvalue weighted by atomic mass is 9.85. The van der Waals surface area contributed by atoms with Crippen LogP contribution in [0.1, 0.15) is 43.4 Å². The molecule has 1 aromatic carbocycles. The number of aliphatic hydroxyl groups is 1. The Morgan fingerprint density at radius 2 is 2.06 bits per heavy atom. The van der Waals surface area contributed by atoms with Crippen LogP contribution in [0.25, 0.3) is 10.8 Å². The molecule has 192 valence electrons. The highest BCUT2D eigenvalue weighted by Crippen LogP contribution is 2.38. The number of rotatable bonds is 6. The van der Waals surface area contributed by atoms with Crippen molar-refractivity contribution in [1.29, 1.82) is 0 Å². The summed E-state index contributed by atoms with van der Waals surface area (Å²) in [6.45, 7) is 1.90. The molecule has 0 spiro atoms. The number of hydrogen-bond donors (Lipinski definition) is 2. The minimum Gasteiger partial charge on any atom is -0.389 e. The van der Waals surface area contributed by atoms with Crippen molar-refractivity contribution in [1.82, 2.24) is 19.7 Å². The molecule has 0 radical (unpaired) electrons. The number of aromatic nitrogens is 3. The highest BCUT2D eigenvalue weighted by atomic mass is 35.5. The number of benzene rings is 1. The van der Waals surface area contributed by atoms with Crippen molar-refractivity contribution in [2.45, 2.75) is 50.3 Å². The van der Waals surface area contributed by atoms with Gasteiger partial charge in [0.05, 0.1) is 37.5 Å². The Bertz CT molecular complexity index is 1260. The second-order valence-corrected chi connectivity index (χ2v) is 10.2. The van der Waals surface area contributed by atoms with Crippen LogP contribution in [0.4, 0.5) is 14.6 Å². The van der Waals surface area contributed by atoms with Crippen LogP contribution in [-0.4, -0.2) is 68.6 Å². The molecule has 2 aromatic heterocycles. The Labute approximate surface area is 212 Å². The topological polar surface area (TPSA) is 92.5 Å². The Balaban J connectivity index is 1.27. The van der Waals surface area contributed by atoms with Gasteiger partial charge in [-0.1, -0.05) is 11.6 Å². The van der Waals surface area contributed by atoms with Crippen molar-refractivity contribution in [2.24, 2.45) is 0 Å². The summed E-state index contributed by atoms with van der Waals surface area (Å²) < 4.78 is 31.4. The van der Waals surface area contributed by atoms with E-state index < -0.39 is 12.7 Å². The molecule has 3 aromatic rings. The Hall–Kier alpha value is -2.66. The minimum atomic E-state index is -2.75. The van der Waals surface area contributed by atoms with E-state index in [0.717, 1.165) is 48.5 Å². The molecule has 8 nitrogen and oxygen atoms in total. The molecular formula is C25H28ClF2N5O3. The average Bonchev–Trinajstić information content (AvgIpc) is 3.46. The number of likely N-dealkylation sites (tertiary alicyclic amines) is 1. The van der Waals surface area contributed by atoms with E-state index in [0.29, 0.717) is 34.3 Å². The van der Waals surface area contributed by atoms with Crippen LogP contribution in [-0.2, 0) is 16.0 Å². The first-order valence-corrected chi connectivity index (χ1v) is 12.3. The SMILES string of the molecule is C[C@]1(N2CCC(c3cc4cc(NC(=O)Cc5cnn(C(F)F)c5)ncc4cc3Cl)CC2)COC[C@H]1O. The predicted molar refractivity (Wildman–Crippen MR) is 131 cm³/mol. The van der Waals surface area contributed by atoms with Gasteiger partial charge in [-0.05, 0) is 73.5 Å². The zero-order valence-corrected chi connectivity index (χ0v) is 20.6. The molecule has 0 saturated carbocycles. The monoisotopic (exact) mass is 519 g/mol. The molecule has 0 unspecified atom stereocenters. The standard InChI is InChI=1S/C25H28ClF2N5O3/c1-25(14-36-13-21(25)34)32-4-2-16(3-5-32)19-7-17-9-22(29-11-18(17)8-20(19)26)31-23(35)6-15-10-30-33(12-15)24(27)28/h7-12,16,21,24,34H,2-6,13-14H2,1H3,(H,29,31,35)/t21-,25+/m1/s1. The van der Waals surface area contributed by atoms with Crippen LogP contribution < -0.4 is 5.32 Å². The first-order chi connectivity index (χ1) is 17.2. The van der Waals surface area contributed by atoms with E-state index in [1.807, 2.05) is 6.07 Å². The predicted octanol–water partition coefficient (Wildman–Crippen LogP) is 3.99. The number of alkyl halides is 2. The maximum atomic E-state index is 12.7. The smallest absolute Gasteiger partial charge is 0.333 e. The van der Waals surface area contributed by atoms with E-state index in [9.17, 15) is 18.7 Å². The number of halogens is 3. The number of hydrogen-bond acceptors (Lipinski definition) is 6. The summed E-state index contributed by atoms with van der Waals surface area (Å²) >= 11 is 6.66. The van der Waals surface area contributed by atoms with Crippen LogP contribution in [0.5, 0.6) is 0 Å². The van der Waals surface area contributed by atoms with Crippen LogP contribution in [0.2, 0.25) is 5.02 Å². The van der Waals surface area contributed by atoms with Crippen molar-refractivity contribution in [3.8, 4) is 0 Å². The molecular weight excluding hydrogens is 492 g/mol. The largest absolute Gasteiger partial charge is 0.389 e. The molecule has 11 heteroatoms. The number of nitrogens with one attached hydrogen (secondary N) is 1. The second-order valence-electron chi connectivity index (χ2n) is 9.77. The first kappa shape index (κ1) is 25.0. The van der Waals surface area contributed by atoms with Crippen LogP contribution in [0.15, 0.2) is 36.8 Å². The molecule has 2 aliphatic heterocycles. The molecule has 2 saturated heterocycles. The van der Waals surface area contributed by atoms with Gasteiger partial charge in [-0.2, -0.15) is 13.9 Å². The number of nitrogens with zero attached hydrogens (tertiary/aromatic N) is 4. The lowest BCUT2D eigenvalue weighted by Gasteiger charge is -2.43. The van der Waals surface area contributed by atoms with Crippen LogP contribution in [0, 0.1) is 0 Å². The Kier molecular flexibility index (Phi) is 6.95. The van der Waals surface area contributed by atoms with Crippen molar-refractivity contribution in [2.75, 3.05) is 31.6 Å². The van der Waals surface area contributed by atoms with Gasteiger partial charge in [-0.3, -0.25) is 9.69 Å². The quantitative estimate of drug-likeness (QED) is 0.511.